The number of nitrogens with zero attached hydrogens (tertiary/aromatic N) is 2. The van der Waals surface area contributed by atoms with Gasteiger partial charge in [-0.25, -0.2) is 0 Å². The molecule has 0 saturated carbocycles. The first kappa shape index (κ1) is 24.4. The van der Waals surface area contributed by atoms with Gasteiger partial charge in [0.1, 0.15) is 24.4 Å². The van der Waals surface area contributed by atoms with Gasteiger partial charge in [-0.2, -0.15) is 0 Å². The van der Waals surface area contributed by atoms with Crippen LogP contribution in [0.2, 0.25) is 0 Å². The van der Waals surface area contributed by atoms with E-state index in [-0.39, 0.29) is 23.0 Å². The molecule has 0 radical (unpaired) electrons. The van der Waals surface area contributed by atoms with Gasteiger partial charge in [0.15, 0.2) is 0 Å². The van der Waals surface area contributed by atoms with Crippen molar-refractivity contribution in [1.29, 1.82) is 0 Å². The molecule has 0 spiro atoms. The molecule has 4 heterocycles. The number of benzene rings is 2. The summed E-state index contributed by atoms with van der Waals surface area (Å²) in [6, 6.07) is 16.4. The number of aromatic nitrogens is 1. The highest BCUT2D eigenvalue weighted by Gasteiger charge is 2.54. The molecule has 6 rings (SSSR count). The number of methoxy groups -OCH3 is 1. The molecule has 4 nitrogen and oxygen atoms in total. The summed E-state index contributed by atoms with van der Waals surface area (Å²) in [6.07, 6.45) is 5.62. The van der Waals surface area contributed by atoms with Gasteiger partial charge in [-0.1, -0.05) is 40.2 Å². The van der Waals surface area contributed by atoms with E-state index in [0.717, 1.165) is 57.2 Å². The summed E-state index contributed by atoms with van der Waals surface area (Å²) < 4.78 is 7.47. The van der Waals surface area contributed by atoms with Crippen molar-refractivity contribution in [3.8, 4) is 5.75 Å². The van der Waals surface area contributed by atoms with Crippen LogP contribution in [0.3, 0.4) is 0 Å². The van der Waals surface area contributed by atoms with Crippen LogP contribution in [0.15, 0.2) is 71.9 Å². The van der Waals surface area contributed by atoms with E-state index < -0.39 is 6.10 Å². The van der Waals surface area contributed by atoms with E-state index in [4.69, 9.17) is 4.74 Å². The van der Waals surface area contributed by atoms with Crippen LogP contribution in [-0.2, 0) is 6.54 Å². The van der Waals surface area contributed by atoms with Crippen molar-refractivity contribution in [2.75, 3.05) is 20.2 Å². The second-order valence-electron chi connectivity index (χ2n) is 9.35. The molecule has 6 heteroatoms. The van der Waals surface area contributed by atoms with Crippen molar-refractivity contribution in [2.45, 2.75) is 31.5 Å². The third kappa shape index (κ3) is 4.39. The van der Waals surface area contributed by atoms with E-state index in [9.17, 15) is 5.11 Å². The average Bonchev–Trinajstić information content (AvgIpc) is 2.84. The molecule has 3 saturated heterocycles. The van der Waals surface area contributed by atoms with E-state index in [2.05, 4.69) is 51.8 Å². The molecule has 2 aromatic carbocycles. The first-order valence-corrected chi connectivity index (χ1v) is 12.2. The fraction of sp³-hybridized carbons (Fsp3) is 0.370. The highest BCUT2D eigenvalue weighted by Crippen LogP contribution is 2.48. The molecule has 0 amide bonds. The van der Waals surface area contributed by atoms with Crippen LogP contribution in [-0.4, -0.2) is 40.8 Å². The van der Waals surface area contributed by atoms with Gasteiger partial charge in [-0.15, -0.1) is 6.58 Å². The molecule has 3 aliphatic heterocycles. The van der Waals surface area contributed by atoms with Gasteiger partial charge in [-0.3, -0.25) is 4.98 Å². The third-order valence-corrected chi connectivity index (χ3v) is 8.55. The monoisotopic (exact) mass is 572 g/mol. The minimum absolute atomic E-state index is 0. The smallest absolute Gasteiger partial charge is 0.131 e. The zero-order valence-electron chi connectivity index (χ0n) is 18.8. The summed E-state index contributed by atoms with van der Waals surface area (Å²) in [7, 11) is 1.71. The Morgan fingerprint density at radius 3 is 2.88 bits per heavy atom. The highest BCUT2D eigenvalue weighted by atomic mass is 79.9. The van der Waals surface area contributed by atoms with Crippen LogP contribution in [0.5, 0.6) is 5.75 Å². The summed E-state index contributed by atoms with van der Waals surface area (Å²) in [5.74, 6) is 1.95. The molecule has 5 atom stereocenters. The van der Waals surface area contributed by atoms with Crippen LogP contribution in [0.25, 0.3) is 10.9 Å². The summed E-state index contributed by atoms with van der Waals surface area (Å²) in [5.41, 5.74) is 3.15. The van der Waals surface area contributed by atoms with Crippen molar-refractivity contribution in [3.63, 3.8) is 0 Å². The lowest BCUT2D eigenvalue weighted by Gasteiger charge is -2.58. The second-order valence-corrected chi connectivity index (χ2v) is 10.2. The van der Waals surface area contributed by atoms with Crippen molar-refractivity contribution >= 4 is 26.8 Å². The number of pyridine rings is 1. The number of quaternary nitrogens is 1. The molecule has 174 valence electrons. The Bertz CT molecular complexity index is 1150. The quantitative estimate of drug-likeness (QED) is 0.364. The number of ether oxygens (including phenoxy) is 1. The van der Waals surface area contributed by atoms with Crippen molar-refractivity contribution < 1.29 is 31.3 Å². The average molecular weight is 574 g/mol. The Balaban J connectivity index is 0.00000259. The van der Waals surface area contributed by atoms with E-state index in [1.54, 1.807) is 7.11 Å². The Labute approximate surface area is 214 Å². The lowest BCUT2D eigenvalue weighted by Crippen LogP contribution is -3.00. The van der Waals surface area contributed by atoms with Crippen LogP contribution >= 0.6 is 15.9 Å². The molecule has 1 unspecified atom stereocenters. The van der Waals surface area contributed by atoms with Crippen molar-refractivity contribution in [1.82, 2.24) is 4.98 Å². The van der Waals surface area contributed by atoms with Crippen molar-refractivity contribution in [2.24, 2.45) is 11.8 Å². The summed E-state index contributed by atoms with van der Waals surface area (Å²) >= 11 is 3.76. The zero-order chi connectivity index (χ0) is 22.3. The molecule has 2 bridgehead atoms. The zero-order valence-corrected chi connectivity index (χ0v) is 22.0. The standard InChI is InChI=1S/C27H30BrN2O2.BrH/c1-3-18-16-30(17-20-14-21(32-2)8-9-24(20)28)13-11-19(18)15-26(30)27(31)23-10-12-29-25-7-5-4-6-22(23)25;/h3-10,12,14,18-19,26-27,31H,1,11,13,15-17H2,2H3;1H/q+1;/p-1/t18-,19-,26-,27+,30?;/m0./s1. The van der Waals surface area contributed by atoms with Gasteiger partial charge in [0, 0.05) is 40.4 Å². The van der Waals surface area contributed by atoms with Gasteiger partial charge >= 0.3 is 0 Å². The fourth-order valence-electron chi connectivity index (χ4n) is 6.10. The normalized spacial score (nSPS) is 27.1. The molecule has 1 aromatic heterocycles. The summed E-state index contributed by atoms with van der Waals surface area (Å²) in [4.78, 5) is 4.51. The van der Waals surface area contributed by atoms with Gasteiger partial charge in [0.2, 0.25) is 0 Å². The minimum Gasteiger partial charge on any atom is -1.00 e. The van der Waals surface area contributed by atoms with Crippen LogP contribution < -0.4 is 21.7 Å². The second kappa shape index (κ2) is 9.87. The lowest BCUT2D eigenvalue weighted by molar-refractivity contribution is -0.985. The molecular weight excluding hydrogens is 544 g/mol. The van der Waals surface area contributed by atoms with Gasteiger partial charge in [0.05, 0.1) is 25.7 Å². The van der Waals surface area contributed by atoms with Gasteiger partial charge in [-0.05, 0) is 41.8 Å². The number of piperidine rings is 3. The largest absolute Gasteiger partial charge is 1.00 e. The molecule has 1 N–H and O–H groups in total. The molecule has 33 heavy (non-hydrogen) atoms. The number of hydrogen-bond donors (Lipinski definition) is 1. The van der Waals surface area contributed by atoms with E-state index in [1.165, 1.54) is 12.0 Å². The number of hydrogen-bond acceptors (Lipinski definition) is 3. The van der Waals surface area contributed by atoms with Gasteiger partial charge < -0.3 is 31.3 Å². The summed E-state index contributed by atoms with van der Waals surface area (Å²) in [6.45, 7) is 7.10. The van der Waals surface area contributed by atoms with Crippen LogP contribution in [0.1, 0.15) is 30.1 Å². The topological polar surface area (TPSA) is 42.4 Å². The maximum atomic E-state index is 11.8. The third-order valence-electron chi connectivity index (χ3n) is 7.78. The number of aliphatic hydroxyl groups is 1. The lowest BCUT2D eigenvalue weighted by atomic mass is 9.71. The maximum absolute atomic E-state index is 11.8. The predicted molar refractivity (Wildman–Crippen MR) is 131 cm³/mol. The molecular formula is C27H30Br2N2O2. The van der Waals surface area contributed by atoms with E-state index in [1.807, 2.05) is 36.5 Å². The Morgan fingerprint density at radius 1 is 1.27 bits per heavy atom. The van der Waals surface area contributed by atoms with Crippen LogP contribution in [0.4, 0.5) is 0 Å². The van der Waals surface area contributed by atoms with E-state index in [0.29, 0.717) is 11.8 Å². The first-order valence-electron chi connectivity index (χ1n) is 11.4. The minimum atomic E-state index is -0.541. The Hall–Kier alpha value is -1.73. The summed E-state index contributed by atoms with van der Waals surface area (Å²) in [5, 5.41) is 12.9. The number of para-hydroxylation sites is 1. The molecule has 3 aliphatic rings. The molecule has 3 fully saturated rings. The molecule has 3 aromatic rings. The highest BCUT2D eigenvalue weighted by molar-refractivity contribution is 9.10. The first-order chi connectivity index (χ1) is 15.5. The van der Waals surface area contributed by atoms with Gasteiger partial charge in [0.25, 0.3) is 0 Å². The predicted octanol–water partition coefficient (Wildman–Crippen LogP) is 2.65. The number of rotatable bonds is 6. The Kier molecular flexibility index (Phi) is 7.29. The number of halogens is 2. The molecule has 0 aliphatic carbocycles. The van der Waals surface area contributed by atoms with Crippen LogP contribution in [0, 0.1) is 11.8 Å². The Morgan fingerprint density at radius 2 is 2.09 bits per heavy atom. The van der Waals surface area contributed by atoms with E-state index >= 15 is 0 Å². The number of fused-ring (bicyclic) bond motifs is 4. The fourth-order valence-corrected chi connectivity index (χ4v) is 6.47. The van der Waals surface area contributed by atoms with Crippen molar-refractivity contribution in [3.05, 3.63) is 83.0 Å². The maximum Gasteiger partial charge on any atom is 0.131 e. The number of aliphatic hydroxyl groups excluding tert-OH is 1. The SMILES string of the molecule is C=C[C@H]1C[N+]2(Cc3cc(OC)ccc3Br)CC[C@H]1C[C@H]2[C@H](O)c1ccnc2ccccc12.[Br-].